The number of benzene rings is 3. The summed E-state index contributed by atoms with van der Waals surface area (Å²) in [6.07, 6.45) is -0.125. The van der Waals surface area contributed by atoms with Gasteiger partial charge in [0.15, 0.2) is 6.10 Å². The Morgan fingerprint density at radius 3 is 1.83 bits per heavy atom. The molecule has 176 valence electrons. The van der Waals surface area contributed by atoms with Gasteiger partial charge in [-0.3, -0.25) is 20.2 Å². The molecular weight excluding hydrogens is 452 g/mol. The predicted molar refractivity (Wildman–Crippen MR) is 127 cm³/mol. The van der Waals surface area contributed by atoms with E-state index >= 15 is 0 Å². The number of nitrogens with zero attached hydrogens (tertiary/aromatic N) is 2. The number of nitro benzene ring substituents is 2. The minimum Gasteiger partial charge on any atom is -0.441 e. The molecule has 0 aromatic heterocycles. The maximum absolute atomic E-state index is 12.9. The Kier molecular flexibility index (Phi) is 8.43. The SMILES string of the molecule is C=CCOC(C#CC(OC(=O)c1cc([N+](=O)[O-])cc([N+](=O)[O-])c1)c1ccccc1)c1ccccc1. The number of nitro groups is 2. The highest BCUT2D eigenvalue weighted by molar-refractivity contribution is 5.91. The van der Waals surface area contributed by atoms with E-state index in [4.69, 9.17) is 9.47 Å². The molecule has 9 heteroatoms. The van der Waals surface area contributed by atoms with Gasteiger partial charge >= 0.3 is 5.97 Å². The van der Waals surface area contributed by atoms with Gasteiger partial charge in [0.2, 0.25) is 0 Å². The van der Waals surface area contributed by atoms with Crippen molar-refractivity contribution in [3.8, 4) is 11.8 Å². The van der Waals surface area contributed by atoms with Crippen LogP contribution in [0.2, 0.25) is 0 Å². The molecule has 2 unspecified atom stereocenters. The van der Waals surface area contributed by atoms with E-state index in [0.29, 0.717) is 5.56 Å². The molecule has 0 saturated carbocycles. The first-order chi connectivity index (χ1) is 16.9. The highest BCUT2D eigenvalue weighted by atomic mass is 16.6. The third-order valence-electron chi connectivity index (χ3n) is 4.72. The van der Waals surface area contributed by atoms with Gasteiger partial charge in [-0.05, 0) is 5.56 Å². The summed E-state index contributed by atoms with van der Waals surface area (Å²) >= 11 is 0. The minimum atomic E-state index is -1.07. The Bertz CT molecular complexity index is 1250. The van der Waals surface area contributed by atoms with Gasteiger partial charge in [0.05, 0.1) is 28.1 Å². The van der Waals surface area contributed by atoms with Crippen LogP contribution in [0.15, 0.2) is 91.5 Å². The predicted octanol–water partition coefficient (Wildman–Crippen LogP) is 5.35. The van der Waals surface area contributed by atoms with Gasteiger partial charge in [0.1, 0.15) is 6.10 Å². The fourth-order valence-corrected chi connectivity index (χ4v) is 3.07. The average Bonchev–Trinajstić information content (AvgIpc) is 2.88. The summed E-state index contributed by atoms with van der Waals surface area (Å²) < 4.78 is 11.3. The van der Waals surface area contributed by atoms with Gasteiger partial charge in [-0.15, -0.1) is 6.58 Å². The number of ether oxygens (including phenoxy) is 2. The molecule has 0 radical (unpaired) electrons. The largest absolute Gasteiger partial charge is 0.441 e. The van der Waals surface area contributed by atoms with Gasteiger partial charge in [-0.25, -0.2) is 4.79 Å². The summed E-state index contributed by atoms with van der Waals surface area (Å²) in [4.78, 5) is 33.6. The first kappa shape index (κ1) is 24.8. The Balaban J connectivity index is 1.96. The second kappa shape index (κ2) is 11.9. The van der Waals surface area contributed by atoms with E-state index in [9.17, 15) is 25.0 Å². The van der Waals surface area contributed by atoms with E-state index in [2.05, 4.69) is 18.4 Å². The van der Waals surface area contributed by atoms with Crippen molar-refractivity contribution in [3.05, 3.63) is 128 Å². The lowest BCUT2D eigenvalue weighted by Gasteiger charge is -2.15. The van der Waals surface area contributed by atoms with Crippen LogP contribution in [0, 0.1) is 32.1 Å². The molecular formula is C26H20N2O7. The first-order valence-corrected chi connectivity index (χ1v) is 10.4. The Morgan fingerprint density at radius 2 is 1.34 bits per heavy atom. The number of non-ortho nitro benzene ring substituents is 2. The van der Waals surface area contributed by atoms with Gasteiger partial charge in [0.25, 0.3) is 11.4 Å². The van der Waals surface area contributed by atoms with Crippen molar-refractivity contribution in [1.29, 1.82) is 0 Å². The normalized spacial score (nSPS) is 11.9. The molecule has 3 aromatic rings. The molecule has 0 aliphatic carbocycles. The Hall–Kier alpha value is -4.81. The molecule has 35 heavy (non-hydrogen) atoms. The van der Waals surface area contributed by atoms with Crippen LogP contribution in [0.4, 0.5) is 11.4 Å². The lowest BCUT2D eigenvalue weighted by molar-refractivity contribution is -0.394. The lowest BCUT2D eigenvalue weighted by Crippen LogP contribution is -2.12. The summed E-state index contributed by atoms with van der Waals surface area (Å²) in [5.74, 6) is 4.87. The van der Waals surface area contributed by atoms with E-state index in [-0.39, 0.29) is 12.2 Å². The Morgan fingerprint density at radius 1 is 0.857 bits per heavy atom. The number of carbonyl (C=O) groups excluding carboxylic acids is 1. The number of hydrogen-bond donors (Lipinski definition) is 0. The van der Waals surface area contributed by atoms with Gasteiger partial charge < -0.3 is 9.47 Å². The fraction of sp³-hybridized carbons (Fsp3) is 0.115. The van der Waals surface area contributed by atoms with Crippen molar-refractivity contribution in [2.45, 2.75) is 12.2 Å². The van der Waals surface area contributed by atoms with E-state index in [1.54, 1.807) is 36.4 Å². The van der Waals surface area contributed by atoms with E-state index in [1.807, 2.05) is 30.3 Å². The van der Waals surface area contributed by atoms with Crippen LogP contribution in [-0.4, -0.2) is 22.4 Å². The molecule has 0 N–H and O–H groups in total. The van der Waals surface area contributed by atoms with Crippen molar-refractivity contribution in [2.24, 2.45) is 0 Å². The number of rotatable bonds is 9. The quantitative estimate of drug-likeness (QED) is 0.135. The standard InChI is InChI=1S/C26H20N2O7/c1-2-15-34-24(19-9-5-3-6-10-19)13-14-25(20-11-7-4-8-12-20)35-26(29)21-16-22(27(30)31)18-23(17-21)28(32)33/h2-12,16-18,24-25H,1,15H2. The van der Waals surface area contributed by atoms with E-state index in [0.717, 1.165) is 23.8 Å². The summed E-state index contributed by atoms with van der Waals surface area (Å²) in [7, 11) is 0. The van der Waals surface area contributed by atoms with Crippen molar-refractivity contribution >= 4 is 17.3 Å². The topological polar surface area (TPSA) is 122 Å². The number of esters is 1. The second-order valence-corrected chi connectivity index (χ2v) is 7.15. The monoisotopic (exact) mass is 472 g/mol. The second-order valence-electron chi connectivity index (χ2n) is 7.15. The summed E-state index contributed by atoms with van der Waals surface area (Å²) in [6, 6.07) is 20.5. The highest BCUT2D eigenvalue weighted by Gasteiger charge is 2.23. The molecule has 9 nitrogen and oxygen atoms in total. The molecule has 3 rings (SSSR count). The van der Waals surface area contributed by atoms with E-state index in [1.165, 1.54) is 0 Å². The first-order valence-electron chi connectivity index (χ1n) is 10.4. The smallest absolute Gasteiger partial charge is 0.340 e. The molecule has 0 spiro atoms. The molecule has 2 atom stereocenters. The maximum Gasteiger partial charge on any atom is 0.340 e. The lowest BCUT2D eigenvalue weighted by atomic mass is 10.1. The molecule has 0 heterocycles. The molecule has 3 aromatic carbocycles. The number of hydrogen-bond acceptors (Lipinski definition) is 7. The molecule has 0 aliphatic rings. The van der Waals surface area contributed by atoms with Crippen LogP contribution in [-0.2, 0) is 9.47 Å². The van der Waals surface area contributed by atoms with Crippen molar-refractivity contribution in [1.82, 2.24) is 0 Å². The molecule has 0 aliphatic heterocycles. The summed E-state index contributed by atoms with van der Waals surface area (Å²) in [6.45, 7) is 3.88. The van der Waals surface area contributed by atoms with Gasteiger partial charge in [0, 0.05) is 17.7 Å². The molecule has 0 bridgehead atoms. The van der Waals surface area contributed by atoms with Crippen LogP contribution < -0.4 is 0 Å². The molecule has 0 fully saturated rings. The van der Waals surface area contributed by atoms with Gasteiger partial charge in [-0.1, -0.05) is 78.6 Å². The van der Waals surface area contributed by atoms with Crippen LogP contribution in [0.5, 0.6) is 0 Å². The zero-order valence-corrected chi connectivity index (χ0v) is 18.4. The third-order valence-corrected chi connectivity index (χ3v) is 4.72. The van der Waals surface area contributed by atoms with Crippen LogP contribution in [0.3, 0.4) is 0 Å². The zero-order chi connectivity index (χ0) is 25.2. The van der Waals surface area contributed by atoms with Crippen LogP contribution in [0.25, 0.3) is 0 Å². The zero-order valence-electron chi connectivity index (χ0n) is 18.4. The third kappa shape index (κ3) is 6.83. The fourth-order valence-electron chi connectivity index (χ4n) is 3.07. The molecule has 0 amide bonds. The van der Waals surface area contributed by atoms with Crippen LogP contribution in [0.1, 0.15) is 33.7 Å². The van der Waals surface area contributed by atoms with Crippen molar-refractivity contribution < 1.29 is 24.1 Å². The van der Waals surface area contributed by atoms with Gasteiger partial charge in [-0.2, -0.15) is 0 Å². The van der Waals surface area contributed by atoms with E-state index < -0.39 is 39.4 Å². The average molecular weight is 472 g/mol. The Labute approximate surface area is 200 Å². The van der Waals surface area contributed by atoms with Crippen molar-refractivity contribution in [2.75, 3.05) is 6.61 Å². The number of carbonyl (C=O) groups is 1. The minimum absolute atomic E-state index is 0.237. The van der Waals surface area contributed by atoms with Crippen LogP contribution >= 0.6 is 0 Å². The summed E-state index contributed by atoms with van der Waals surface area (Å²) in [5.41, 5.74) is -0.208. The highest BCUT2D eigenvalue weighted by Crippen LogP contribution is 2.26. The summed E-state index contributed by atoms with van der Waals surface area (Å²) in [5, 5.41) is 22.4. The molecule has 0 saturated heterocycles. The maximum atomic E-state index is 12.9. The van der Waals surface area contributed by atoms with Crippen molar-refractivity contribution in [3.63, 3.8) is 0 Å².